The molecule has 0 amide bonds. The molecule has 0 saturated carbocycles. The van der Waals surface area contributed by atoms with Gasteiger partial charge in [0, 0.05) is 0 Å². The molecule has 0 spiro atoms. The monoisotopic (exact) mass is 236 g/mol. The molecule has 1 aromatic carbocycles. The first-order chi connectivity index (χ1) is 8.25. The van der Waals surface area contributed by atoms with Crippen LogP contribution in [0.15, 0.2) is 24.3 Å². The number of aliphatic hydroxyl groups is 1. The summed E-state index contributed by atoms with van der Waals surface area (Å²) in [7, 11) is 0. The molecule has 2 aliphatic rings. The molecule has 4 atom stereocenters. The van der Waals surface area contributed by atoms with Gasteiger partial charge >= 0.3 is 0 Å². The number of fused-ring (bicyclic) bond motifs is 1. The summed E-state index contributed by atoms with van der Waals surface area (Å²) < 4.78 is 16.9. The molecule has 0 aromatic heterocycles. The maximum Gasteiger partial charge on any atom is 0.151 e. The minimum atomic E-state index is -0.523. The van der Waals surface area contributed by atoms with E-state index in [0.717, 1.165) is 11.3 Å². The summed E-state index contributed by atoms with van der Waals surface area (Å²) in [4.78, 5) is 0. The van der Waals surface area contributed by atoms with Crippen LogP contribution >= 0.6 is 0 Å². The molecule has 0 unspecified atom stereocenters. The van der Waals surface area contributed by atoms with Crippen molar-refractivity contribution in [1.29, 1.82) is 0 Å². The minimum absolute atomic E-state index is 0.127. The molecule has 92 valence electrons. The predicted octanol–water partition coefficient (Wildman–Crippen LogP) is 0.901. The van der Waals surface area contributed by atoms with Crippen LogP contribution in [0.25, 0.3) is 0 Å². The number of aryl methyl sites for hydroxylation is 1. The van der Waals surface area contributed by atoms with Gasteiger partial charge in [-0.1, -0.05) is 18.2 Å². The fraction of sp³-hybridized carbons (Fsp3) is 0.538. The average molecular weight is 236 g/mol. The van der Waals surface area contributed by atoms with E-state index in [2.05, 4.69) is 0 Å². The van der Waals surface area contributed by atoms with Gasteiger partial charge in [0.25, 0.3) is 0 Å². The van der Waals surface area contributed by atoms with E-state index < -0.39 is 6.10 Å². The fourth-order valence-electron chi connectivity index (χ4n) is 2.40. The van der Waals surface area contributed by atoms with Crippen molar-refractivity contribution in [2.24, 2.45) is 0 Å². The van der Waals surface area contributed by atoms with Crippen LogP contribution < -0.4 is 4.74 Å². The van der Waals surface area contributed by atoms with Crippen molar-refractivity contribution in [2.75, 3.05) is 13.2 Å². The van der Waals surface area contributed by atoms with Crippen molar-refractivity contribution in [1.82, 2.24) is 0 Å². The number of para-hydroxylation sites is 1. The van der Waals surface area contributed by atoms with E-state index >= 15 is 0 Å². The highest BCUT2D eigenvalue weighted by atomic mass is 16.6. The lowest BCUT2D eigenvalue weighted by atomic mass is 10.1. The van der Waals surface area contributed by atoms with Gasteiger partial charge in [0.1, 0.15) is 24.1 Å². The van der Waals surface area contributed by atoms with Gasteiger partial charge in [-0.25, -0.2) is 0 Å². The largest absolute Gasteiger partial charge is 0.485 e. The van der Waals surface area contributed by atoms with Crippen LogP contribution in [0.3, 0.4) is 0 Å². The molecule has 4 nitrogen and oxygen atoms in total. The van der Waals surface area contributed by atoms with Crippen LogP contribution in [0.5, 0.6) is 5.75 Å². The first kappa shape index (κ1) is 11.0. The van der Waals surface area contributed by atoms with E-state index in [1.165, 1.54) is 0 Å². The molecule has 2 aliphatic heterocycles. The number of ether oxygens (including phenoxy) is 3. The quantitative estimate of drug-likeness (QED) is 0.829. The van der Waals surface area contributed by atoms with Crippen molar-refractivity contribution < 1.29 is 19.3 Å². The summed E-state index contributed by atoms with van der Waals surface area (Å²) in [5, 5.41) is 9.63. The second-order valence-electron chi connectivity index (χ2n) is 4.59. The summed E-state index contributed by atoms with van der Waals surface area (Å²) in [5.41, 5.74) is 1.09. The van der Waals surface area contributed by atoms with Crippen molar-refractivity contribution in [3.05, 3.63) is 29.8 Å². The highest BCUT2D eigenvalue weighted by molar-refractivity contribution is 5.32. The van der Waals surface area contributed by atoms with Gasteiger partial charge in [0.05, 0.1) is 13.2 Å². The van der Waals surface area contributed by atoms with Gasteiger partial charge in [-0.3, -0.25) is 0 Å². The zero-order valence-corrected chi connectivity index (χ0v) is 9.70. The summed E-state index contributed by atoms with van der Waals surface area (Å²) in [5.74, 6) is 0.853. The van der Waals surface area contributed by atoms with Gasteiger partial charge in [-0.2, -0.15) is 0 Å². The van der Waals surface area contributed by atoms with E-state index in [-0.39, 0.29) is 18.3 Å². The third-order valence-corrected chi connectivity index (χ3v) is 3.35. The normalized spacial score (nSPS) is 35.9. The Hall–Kier alpha value is -1.10. The third-order valence-electron chi connectivity index (χ3n) is 3.35. The van der Waals surface area contributed by atoms with Crippen LogP contribution in [0.1, 0.15) is 5.56 Å². The SMILES string of the molecule is Cc1ccccc1O[C@H]1CO[C@H]2[C@@H]1OC[C@H]2O. The first-order valence-electron chi connectivity index (χ1n) is 5.89. The second-order valence-corrected chi connectivity index (χ2v) is 4.59. The molecule has 17 heavy (non-hydrogen) atoms. The van der Waals surface area contributed by atoms with E-state index in [4.69, 9.17) is 14.2 Å². The molecule has 1 aromatic rings. The van der Waals surface area contributed by atoms with Crippen LogP contribution in [-0.4, -0.2) is 42.7 Å². The molecule has 2 fully saturated rings. The van der Waals surface area contributed by atoms with Crippen LogP contribution in [0, 0.1) is 6.92 Å². The third kappa shape index (κ3) is 1.92. The lowest BCUT2D eigenvalue weighted by molar-refractivity contribution is 0.00851. The molecule has 2 heterocycles. The zero-order chi connectivity index (χ0) is 11.8. The highest BCUT2D eigenvalue weighted by Crippen LogP contribution is 2.30. The van der Waals surface area contributed by atoms with Gasteiger partial charge in [-0.05, 0) is 18.6 Å². The second kappa shape index (κ2) is 4.29. The zero-order valence-electron chi connectivity index (χ0n) is 9.70. The van der Waals surface area contributed by atoms with E-state index in [1.54, 1.807) is 0 Å². The smallest absolute Gasteiger partial charge is 0.151 e. The predicted molar refractivity (Wildman–Crippen MR) is 61.1 cm³/mol. The number of hydrogen-bond donors (Lipinski definition) is 1. The molecule has 0 bridgehead atoms. The van der Waals surface area contributed by atoms with Gasteiger partial charge in [0.15, 0.2) is 6.10 Å². The fourth-order valence-corrected chi connectivity index (χ4v) is 2.40. The minimum Gasteiger partial charge on any atom is -0.485 e. The first-order valence-corrected chi connectivity index (χ1v) is 5.89. The molecule has 0 aliphatic carbocycles. The summed E-state index contributed by atoms with van der Waals surface area (Å²) in [6.45, 7) is 2.82. The molecule has 1 N–H and O–H groups in total. The summed E-state index contributed by atoms with van der Waals surface area (Å²) in [6, 6.07) is 7.87. The summed E-state index contributed by atoms with van der Waals surface area (Å²) >= 11 is 0. The number of aliphatic hydroxyl groups excluding tert-OH is 1. The average Bonchev–Trinajstić information content (AvgIpc) is 2.87. The molecule has 3 rings (SSSR count). The molecular formula is C13H16O4. The van der Waals surface area contributed by atoms with Gasteiger partial charge in [0.2, 0.25) is 0 Å². The lowest BCUT2D eigenvalue weighted by Crippen LogP contribution is -2.34. The van der Waals surface area contributed by atoms with E-state index in [1.807, 2.05) is 31.2 Å². The number of rotatable bonds is 2. The molecule has 4 heteroatoms. The van der Waals surface area contributed by atoms with Crippen LogP contribution in [0.4, 0.5) is 0 Å². The van der Waals surface area contributed by atoms with Crippen molar-refractivity contribution in [3.8, 4) is 5.75 Å². The molecule has 0 radical (unpaired) electrons. The lowest BCUT2D eigenvalue weighted by Gasteiger charge is -2.19. The van der Waals surface area contributed by atoms with Crippen LogP contribution in [0.2, 0.25) is 0 Å². The Morgan fingerprint density at radius 3 is 2.76 bits per heavy atom. The standard InChI is InChI=1S/C13H16O4/c1-8-4-2-3-5-10(8)17-11-7-16-12-9(14)6-15-13(11)12/h2-5,9,11-14H,6-7H2,1H3/t9-,11+,12-,13-/m1/s1. The van der Waals surface area contributed by atoms with Crippen molar-refractivity contribution >= 4 is 0 Å². The number of hydrogen-bond acceptors (Lipinski definition) is 4. The van der Waals surface area contributed by atoms with Crippen LogP contribution in [-0.2, 0) is 9.47 Å². The Balaban J connectivity index is 1.73. The number of benzene rings is 1. The molecular weight excluding hydrogens is 220 g/mol. The van der Waals surface area contributed by atoms with Gasteiger partial charge < -0.3 is 19.3 Å². The Morgan fingerprint density at radius 2 is 1.94 bits per heavy atom. The summed E-state index contributed by atoms with van der Waals surface area (Å²) in [6.07, 6.45) is -1.03. The van der Waals surface area contributed by atoms with E-state index in [0.29, 0.717) is 13.2 Å². The Morgan fingerprint density at radius 1 is 1.18 bits per heavy atom. The van der Waals surface area contributed by atoms with E-state index in [9.17, 15) is 5.11 Å². The maximum atomic E-state index is 9.63. The Bertz CT molecular complexity index is 406. The maximum absolute atomic E-state index is 9.63. The van der Waals surface area contributed by atoms with Gasteiger partial charge in [-0.15, -0.1) is 0 Å². The molecule has 2 saturated heterocycles. The highest BCUT2D eigenvalue weighted by Gasteiger charge is 2.48. The Kier molecular flexibility index (Phi) is 2.78. The topological polar surface area (TPSA) is 47.9 Å². The van der Waals surface area contributed by atoms with Crippen molar-refractivity contribution in [3.63, 3.8) is 0 Å². The Labute approximate surface area is 100 Å². The van der Waals surface area contributed by atoms with Crippen molar-refractivity contribution in [2.45, 2.75) is 31.3 Å².